The van der Waals surface area contributed by atoms with Crippen molar-refractivity contribution < 1.29 is 22.0 Å². The number of benzene rings is 2. The fourth-order valence-electron chi connectivity index (χ4n) is 2.72. The minimum Gasteiger partial charge on any atom is -0.212 e. The molecule has 0 saturated heterocycles. The number of hydrogen-bond acceptors (Lipinski definition) is 0. The molecule has 5 heteroatoms. The summed E-state index contributed by atoms with van der Waals surface area (Å²) in [6, 6.07) is 9.12. The fourth-order valence-corrected chi connectivity index (χ4v) is 2.72. The lowest BCUT2D eigenvalue weighted by Gasteiger charge is -2.23. The van der Waals surface area contributed by atoms with Gasteiger partial charge in [0.25, 0.3) is 5.92 Å². The first kappa shape index (κ1) is 18.1. The van der Waals surface area contributed by atoms with Crippen molar-refractivity contribution in [3.63, 3.8) is 0 Å². The van der Waals surface area contributed by atoms with Gasteiger partial charge in [-0.1, -0.05) is 23.3 Å². The molecule has 0 saturated carbocycles. The number of halogens is 4. The van der Waals surface area contributed by atoms with E-state index in [9.17, 15) is 8.78 Å². The second-order valence-corrected chi connectivity index (χ2v) is 6.29. The number of carbonyl (C=O) groups excluding carboxylic acids is 1. The summed E-state index contributed by atoms with van der Waals surface area (Å²) < 4.78 is 62.4. The molecular formula is C21H17F4O+. The second kappa shape index (κ2) is 6.90. The third kappa shape index (κ3) is 3.62. The minimum atomic E-state index is -3.47. The molecule has 0 radical (unpaired) electrons. The number of ketones is 1. The SMILES string of the molecule is CC1=CC(C(F)(F)c2ccc(F)c(F)c2)C(=[O+]c2ccc(C)cc2)C=C1. The second-order valence-electron chi connectivity index (χ2n) is 6.29. The Labute approximate surface area is 149 Å². The van der Waals surface area contributed by atoms with Crippen LogP contribution in [0, 0.1) is 24.5 Å². The van der Waals surface area contributed by atoms with Crippen molar-refractivity contribution in [3.8, 4) is 5.75 Å². The maximum atomic E-state index is 15.1. The third-order valence-electron chi connectivity index (χ3n) is 4.20. The molecule has 0 aliphatic heterocycles. The van der Waals surface area contributed by atoms with Crippen molar-refractivity contribution in [2.75, 3.05) is 0 Å². The molecule has 0 spiro atoms. The highest BCUT2D eigenvalue weighted by molar-refractivity contribution is 5.96. The summed E-state index contributed by atoms with van der Waals surface area (Å²) in [5.74, 6) is -6.92. The predicted molar refractivity (Wildman–Crippen MR) is 92.3 cm³/mol. The van der Waals surface area contributed by atoms with E-state index in [1.165, 1.54) is 12.2 Å². The van der Waals surface area contributed by atoms with E-state index in [4.69, 9.17) is 4.42 Å². The van der Waals surface area contributed by atoms with Crippen LogP contribution in [0.2, 0.25) is 0 Å². The first-order valence-electron chi connectivity index (χ1n) is 8.08. The van der Waals surface area contributed by atoms with Gasteiger partial charge in [-0.25, -0.2) is 13.2 Å². The van der Waals surface area contributed by atoms with Gasteiger partial charge in [-0.05, 0) is 44.2 Å². The summed E-state index contributed by atoms with van der Waals surface area (Å²) in [6.45, 7) is 3.59. The van der Waals surface area contributed by atoms with Crippen LogP contribution in [-0.2, 0) is 10.3 Å². The summed E-state index contributed by atoms with van der Waals surface area (Å²) >= 11 is 0. The molecule has 0 heterocycles. The minimum absolute atomic E-state index is 0.0363. The average molecular weight is 361 g/mol. The van der Waals surface area contributed by atoms with E-state index in [0.717, 1.165) is 11.6 Å². The molecule has 0 N–H and O–H groups in total. The predicted octanol–water partition coefficient (Wildman–Crippen LogP) is 6.02. The van der Waals surface area contributed by atoms with Gasteiger partial charge >= 0.3 is 11.5 Å². The summed E-state index contributed by atoms with van der Waals surface area (Å²) in [4.78, 5) is 0. The quantitative estimate of drug-likeness (QED) is 0.468. The van der Waals surface area contributed by atoms with Crippen LogP contribution in [-0.4, -0.2) is 5.78 Å². The first-order chi connectivity index (χ1) is 12.3. The van der Waals surface area contributed by atoms with E-state index in [0.29, 0.717) is 23.5 Å². The lowest BCUT2D eigenvalue weighted by molar-refractivity contribution is -0.370. The van der Waals surface area contributed by atoms with Crippen LogP contribution in [0.15, 0.2) is 66.3 Å². The van der Waals surface area contributed by atoms with Crippen molar-refractivity contribution in [3.05, 3.63) is 89.0 Å². The van der Waals surface area contributed by atoms with Crippen LogP contribution in [0.25, 0.3) is 0 Å². The number of allylic oxidation sites excluding steroid dienone is 4. The van der Waals surface area contributed by atoms with Crippen molar-refractivity contribution in [1.29, 1.82) is 0 Å². The molecule has 0 bridgehead atoms. The topological polar surface area (TPSA) is 11.3 Å². The van der Waals surface area contributed by atoms with Crippen molar-refractivity contribution >= 4 is 5.78 Å². The molecular weight excluding hydrogens is 344 g/mol. The Morgan fingerprint density at radius 3 is 2.23 bits per heavy atom. The molecule has 2 aromatic rings. The Bertz CT molecular complexity index is 908. The van der Waals surface area contributed by atoms with Gasteiger partial charge in [-0.3, -0.25) is 0 Å². The van der Waals surface area contributed by atoms with Gasteiger partial charge in [-0.15, -0.1) is 0 Å². The molecule has 0 amide bonds. The van der Waals surface area contributed by atoms with Gasteiger partial charge in [0, 0.05) is 23.8 Å². The van der Waals surface area contributed by atoms with Gasteiger partial charge in [0.1, 0.15) is 0 Å². The highest BCUT2D eigenvalue weighted by Gasteiger charge is 2.48. The Kier molecular flexibility index (Phi) is 4.81. The molecule has 1 aliphatic carbocycles. The maximum absolute atomic E-state index is 15.1. The van der Waals surface area contributed by atoms with Gasteiger partial charge < -0.3 is 0 Å². The van der Waals surface area contributed by atoms with E-state index in [-0.39, 0.29) is 5.78 Å². The Morgan fingerprint density at radius 1 is 0.885 bits per heavy atom. The Morgan fingerprint density at radius 2 is 1.58 bits per heavy atom. The molecule has 2 aromatic carbocycles. The monoisotopic (exact) mass is 361 g/mol. The van der Waals surface area contributed by atoms with Crippen LogP contribution < -0.4 is 0 Å². The fraction of sp³-hybridized carbons (Fsp3) is 0.190. The molecule has 3 rings (SSSR count). The summed E-state index contributed by atoms with van der Waals surface area (Å²) in [5, 5.41) is 0. The standard InChI is InChI=1S/C21H17F4O/c1-13-3-7-16(8-4-13)26-20-10-5-14(2)11-17(20)21(24,25)15-6-9-18(22)19(23)12-15/h3-12,17H,1-2H3/q+1. The normalized spacial score (nSPS) is 18.9. The van der Waals surface area contributed by atoms with Crippen molar-refractivity contribution in [2.24, 2.45) is 5.92 Å². The summed E-state index contributed by atoms with van der Waals surface area (Å²) in [6.07, 6.45) is 4.51. The Balaban J connectivity index is 2.04. The van der Waals surface area contributed by atoms with Crippen molar-refractivity contribution in [2.45, 2.75) is 19.8 Å². The zero-order valence-corrected chi connectivity index (χ0v) is 14.3. The molecule has 0 aromatic heterocycles. The van der Waals surface area contributed by atoms with E-state index >= 15 is 8.78 Å². The number of rotatable bonds is 3. The van der Waals surface area contributed by atoms with Crippen LogP contribution in [0.1, 0.15) is 18.1 Å². The molecule has 1 aliphatic rings. The molecule has 1 unspecified atom stereocenters. The summed E-state index contributed by atoms with van der Waals surface area (Å²) in [5.41, 5.74) is 1.04. The van der Waals surface area contributed by atoms with Crippen LogP contribution in [0.4, 0.5) is 17.6 Å². The number of hydrogen-bond donors (Lipinski definition) is 0. The average Bonchev–Trinajstić information content (AvgIpc) is 2.60. The zero-order chi connectivity index (χ0) is 18.9. The lowest BCUT2D eigenvalue weighted by atomic mass is 9.86. The van der Waals surface area contributed by atoms with E-state index in [1.807, 2.05) is 19.1 Å². The zero-order valence-electron chi connectivity index (χ0n) is 14.3. The van der Waals surface area contributed by atoms with Gasteiger partial charge in [0.2, 0.25) is 0 Å². The van der Waals surface area contributed by atoms with Crippen LogP contribution in [0.5, 0.6) is 5.75 Å². The van der Waals surface area contributed by atoms with E-state index < -0.39 is 29.0 Å². The Hall–Kier alpha value is -2.69. The maximum Gasteiger partial charge on any atom is 0.353 e. The largest absolute Gasteiger partial charge is 0.353 e. The molecule has 134 valence electrons. The van der Waals surface area contributed by atoms with Gasteiger partial charge in [-0.2, -0.15) is 8.78 Å². The molecule has 0 fully saturated rings. The lowest BCUT2D eigenvalue weighted by Crippen LogP contribution is -2.32. The van der Waals surface area contributed by atoms with E-state index in [1.54, 1.807) is 25.1 Å². The molecule has 1 nitrogen and oxygen atoms in total. The summed E-state index contributed by atoms with van der Waals surface area (Å²) in [7, 11) is 0. The van der Waals surface area contributed by atoms with E-state index in [2.05, 4.69) is 0 Å². The van der Waals surface area contributed by atoms with Gasteiger partial charge in [0.05, 0.1) is 0 Å². The van der Waals surface area contributed by atoms with Gasteiger partial charge in [0.15, 0.2) is 17.6 Å². The van der Waals surface area contributed by atoms with Crippen molar-refractivity contribution in [1.82, 2.24) is 0 Å². The molecule has 26 heavy (non-hydrogen) atoms. The van der Waals surface area contributed by atoms with Crippen LogP contribution in [0.3, 0.4) is 0 Å². The smallest absolute Gasteiger partial charge is 0.212 e. The third-order valence-corrected chi connectivity index (χ3v) is 4.20. The van der Waals surface area contributed by atoms with Crippen LogP contribution >= 0.6 is 0 Å². The number of alkyl halides is 2. The number of aryl methyl sites for hydroxylation is 1. The highest BCUT2D eigenvalue weighted by atomic mass is 19.3. The molecule has 1 atom stereocenters. The highest BCUT2D eigenvalue weighted by Crippen LogP contribution is 2.40. The first-order valence-corrected chi connectivity index (χ1v) is 8.08.